The Morgan fingerprint density at radius 3 is 2.36 bits per heavy atom. The number of nitrogens with zero attached hydrogens (tertiary/aromatic N) is 2. The number of fused-ring (bicyclic) bond motifs is 8. The van der Waals surface area contributed by atoms with Crippen LogP contribution in [0.15, 0.2) is 59.8 Å². The van der Waals surface area contributed by atoms with Crippen molar-refractivity contribution in [3.8, 4) is 0 Å². The highest BCUT2D eigenvalue weighted by Crippen LogP contribution is 2.61. The standard InChI is InChI=1S/C25H21ClN2O5/c26-14-8-6-13(7-9-14)21-20-15-11-16(22(20)33-27-21)19-18(15)23(29)28(24(19)30)17(25(31)32)10-12-4-2-1-3-5-12/h1-9,15-20,22H,10-11H2,(H,31,32)/t15-,16+,17-,18+,19-,20+,22+/m0/s1. The van der Waals surface area contributed by atoms with Crippen molar-refractivity contribution in [3.63, 3.8) is 0 Å². The maximum atomic E-state index is 13.5. The number of carboxylic acid groups (broad SMARTS) is 1. The summed E-state index contributed by atoms with van der Waals surface area (Å²) in [6.45, 7) is 0. The lowest BCUT2D eigenvalue weighted by Gasteiger charge is -2.29. The molecule has 0 spiro atoms. The second kappa shape index (κ2) is 7.42. The molecule has 2 amide bonds. The summed E-state index contributed by atoms with van der Waals surface area (Å²) in [6.07, 6.45) is 0.526. The Labute approximate surface area is 195 Å². The molecule has 2 aromatic rings. The molecule has 6 rings (SSSR count). The van der Waals surface area contributed by atoms with Gasteiger partial charge in [-0.1, -0.05) is 59.2 Å². The second-order valence-electron chi connectivity index (χ2n) is 9.28. The maximum Gasteiger partial charge on any atom is 0.327 e. The van der Waals surface area contributed by atoms with E-state index in [9.17, 15) is 19.5 Å². The van der Waals surface area contributed by atoms with E-state index < -0.39 is 23.8 Å². The molecule has 7 atom stereocenters. The van der Waals surface area contributed by atoms with Crippen LogP contribution < -0.4 is 0 Å². The Morgan fingerprint density at radius 1 is 1.03 bits per heavy atom. The molecule has 7 nitrogen and oxygen atoms in total. The lowest BCUT2D eigenvalue weighted by atomic mass is 9.71. The Morgan fingerprint density at radius 2 is 1.70 bits per heavy atom. The van der Waals surface area contributed by atoms with Gasteiger partial charge in [-0.25, -0.2) is 4.79 Å². The Balaban J connectivity index is 1.30. The van der Waals surface area contributed by atoms with Gasteiger partial charge in [-0.2, -0.15) is 0 Å². The van der Waals surface area contributed by atoms with Crippen molar-refractivity contribution in [2.45, 2.75) is 25.0 Å². The van der Waals surface area contributed by atoms with Gasteiger partial charge < -0.3 is 9.94 Å². The number of aliphatic carboxylic acids is 1. The summed E-state index contributed by atoms with van der Waals surface area (Å²) in [5, 5.41) is 14.9. The molecule has 0 aromatic heterocycles. The third-order valence-electron chi connectivity index (χ3n) is 7.73. The molecule has 2 aromatic carbocycles. The van der Waals surface area contributed by atoms with E-state index in [2.05, 4.69) is 5.16 Å². The lowest BCUT2D eigenvalue weighted by molar-refractivity contribution is -0.155. The molecule has 2 aliphatic heterocycles. The molecule has 0 unspecified atom stereocenters. The number of carbonyl (C=O) groups is 3. The zero-order valence-electron chi connectivity index (χ0n) is 17.5. The molecule has 2 heterocycles. The van der Waals surface area contributed by atoms with Gasteiger partial charge in [0, 0.05) is 23.3 Å². The molecular weight excluding hydrogens is 444 g/mol. The van der Waals surface area contributed by atoms with Crippen molar-refractivity contribution >= 4 is 35.1 Å². The van der Waals surface area contributed by atoms with E-state index in [4.69, 9.17) is 16.4 Å². The molecule has 1 saturated heterocycles. The van der Waals surface area contributed by atoms with Crippen LogP contribution in [0.25, 0.3) is 0 Å². The van der Waals surface area contributed by atoms with Gasteiger partial charge >= 0.3 is 5.97 Å². The first kappa shape index (κ1) is 20.4. The van der Waals surface area contributed by atoms with E-state index in [1.54, 1.807) is 24.3 Å². The molecule has 2 saturated carbocycles. The number of oxime groups is 1. The van der Waals surface area contributed by atoms with Gasteiger partial charge in [0.2, 0.25) is 11.8 Å². The number of hydrogen-bond acceptors (Lipinski definition) is 5. The van der Waals surface area contributed by atoms with Crippen molar-refractivity contribution in [1.29, 1.82) is 0 Å². The number of carboxylic acids is 1. The first-order chi connectivity index (χ1) is 16.0. The number of amides is 2. The van der Waals surface area contributed by atoms with Crippen molar-refractivity contribution in [2.24, 2.45) is 34.7 Å². The van der Waals surface area contributed by atoms with Crippen LogP contribution in [0.4, 0.5) is 0 Å². The van der Waals surface area contributed by atoms with Gasteiger partial charge in [-0.05, 0) is 35.6 Å². The van der Waals surface area contributed by atoms with Crippen LogP contribution in [0.2, 0.25) is 5.02 Å². The summed E-state index contributed by atoms with van der Waals surface area (Å²) in [7, 11) is 0. The molecule has 1 N–H and O–H groups in total. The lowest BCUT2D eigenvalue weighted by Crippen LogP contribution is -2.47. The van der Waals surface area contributed by atoms with Gasteiger partial charge in [-0.3, -0.25) is 14.5 Å². The highest BCUT2D eigenvalue weighted by Gasteiger charge is 2.71. The van der Waals surface area contributed by atoms with E-state index in [0.29, 0.717) is 11.4 Å². The molecule has 8 heteroatoms. The summed E-state index contributed by atoms with van der Waals surface area (Å²) < 4.78 is 0. The summed E-state index contributed by atoms with van der Waals surface area (Å²) in [5.74, 6) is -3.34. The normalized spacial score (nSPS) is 32.4. The second-order valence-corrected chi connectivity index (χ2v) is 9.72. The summed E-state index contributed by atoms with van der Waals surface area (Å²) in [4.78, 5) is 45.9. The van der Waals surface area contributed by atoms with Gasteiger partial charge in [-0.15, -0.1) is 0 Å². The fraction of sp³-hybridized carbons (Fsp3) is 0.360. The van der Waals surface area contributed by atoms with Crippen LogP contribution in [0.3, 0.4) is 0 Å². The molecule has 4 aliphatic rings. The van der Waals surface area contributed by atoms with Crippen molar-refractivity contribution < 1.29 is 24.3 Å². The number of likely N-dealkylation sites (tertiary alicyclic amines) is 1. The minimum absolute atomic E-state index is 0.0866. The minimum Gasteiger partial charge on any atom is -0.480 e. The van der Waals surface area contributed by atoms with Crippen molar-refractivity contribution in [1.82, 2.24) is 4.90 Å². The Bertz CT molecular complexity index is 1180. The van der Waals surface area contributed by atoms with Crippen LogP contribution in [0.5, 0.6) is 0 Å². The SMILES string of the molecule is O=C(O)[C@H](Cc1ccccc1)N1C(=O)[C@@H]2[C@@H]3C[C@@H]([C@H]4ON=C(c5ccc(Cl)cc5)[C@@H]34)[C@@H]2C1=O. The largest absolute Gasteiger partial charge is 0.480 e. The van der Waals surface area contributed by atoms with Crippen LogP contribution >= 0.6 is 11.6 Å². The van der Waals surface area contributed by atoms with E-state index in [1.165, 1.54) is 0 Å². The first-order valence-corrected chi connectivity index (χ1v) is 11.5. The van der Waals surface area contributed by atoms with Crippen molar-refractivity contribution in [2.75, 3.05) is 0 Å². The van der Waals surface area contributed by atoms with Gasteiger partial charge in [0.05, 0.1) is 17.5 Å². The summed E-state index contributed by atoms with van der Waals surface area (Å²) in [5.41, 5.74) is 2.43. The predicted octanol–water partition coefficient (Wildman–Crippen LogP) is 3.01. The number of halogens is 1. The number of benzene rings is 2. The zero-order valence-corrected chi connectivity index (χ0v) is 18.3. The number of imide groups is 1. The molecule has 2 aliphatic carbocycles. The van der Waals surface area contributed by atoms with Crippen LogP contribution in [-0.4, -0.2) is 45.6 Å². The van der Waals surface area contributed by atoms with Gasteiger partial charge in [0.25, 0.3) is 0 Å². The van der Waals surface area contributed by atoms with E-state index in [-0.39, 0.29) is 42.1 Å². The number of rotatable bonds is 5. The highest BCUT2D eigenvalue weighted by atomic mass is 35.5. The zero-order chi connectivity index (χ0) is 22.9. The molecule has 33 heavy (non-hydrogen) atoms. The molecular formula is C25H21ClN2O5. The maximum absolute atomic E-state index is 13.5. The Kier molecular flexibility index (Phi) is 4.59. The van der Waals surface area contributed by atoms with E-state index >= 15 is 0 Å². The minimum atomic E-state index is -1.22. The summed E-state index contributed by atoms with van der Waals surface area (Å²) >= 11 is 6.02. The predicted molar refractivity (Wildman–Crippen MR) is 118 cm³/mol. The van der Waals surface area contributed by atoms with Crippen molar-refractivity contribution in [3.05, 3.63) is 70.7 Å². The fourth-order valence-electron chi connectivity index (χ4n) is 6.44. The first-order valence-electron chi connectivity index (χ1n) is 11.1. The van der Waals surface area contributed by atoms with Gasteiger partial charge in [0.1, 0.15) is 12.1 Å². The fourth-order valence-corrected chi connectivity index (χ4v) is 6.57. The topological polar surface area (TPSA) is 96.3 Å². The number of carbonyl (C=O) groups excluding carboxylic acids is 2. The highest BCUT2D eigenvalue weighted by molar-refractivity contribution is 6.30. The molecule has 2 bridgehead atoms. The van der Waals surface area contributed by atoms with E-state index in [1.807, 2.05) is 30.3 Å². The average Bonchev–Trinajstić information content (AvgIpc) is 3.54. The van der Waals surface area contributed by atoms with Crippen LogP contribution in [-0.2, 0) is 25.6 Å². The van der Waals surface area contributed by atoms with Gasteiger partial charge in [0.15, 0.2) is 0 Å². The van der Waals surface area contributed by atoms with Crippen LogP contribution in [0, 0.1) is 29.6 Å². The third kappa shape index (κ3) is 2.95. The monoisotopic (exact) mass is 464 g/mol. The smallest absolute Gasteiger partial charge is 0.327 e. The summed E-state index contributed by atoms with van der Waals surface area (Å²) in [6, 6.07) is 15.2. The third-order valence-corrected chi connectivity index (χ3v) is 7.99. The molecule has 0 radical (unpaired) electrons. The van der Waals surface area contributed by atoms with Crippen LogP contribution in [0.1, 0.15) is 17.5 Å². The Hall–Kier alpha value is -3.19. The average molecular weight is 465 g/mol. The molecule has 3 fully saturated rings. The number of hydrogen-bond donors (Lipinski definition) is 1. The van der Waals surface area contributed by atoms with E-state index in [0.717, 1.165) is 21.7 Å². The quantitative estimate of drug-likeness (QED) is 0.686. The molecule has 168 valence electrons.